The second kappa shape index (κ2) is 10.4. The molecule has 0 bridgehead atoms. The van der Waals surface area contributed by atoms with Crippen LogP contribution in [-0.4, -0.2) is 19.5 Å². The Hall–Kier alpha value is -1.43. The molecule has 2 aromatic rings. The van der Waals surface area contributed by atoms with E-state index in [1.807, 2.05) is 37.4 Å². The van der Waals surface area contributed by atoms with Crippen molar-refractivity contribution in [2.24, 2.45) is 0 Å². The van der Waals surface area contributed by atoms with Crippen molar-refractivity contribution in [2.75, 3.05) is 13.6 Å². The van der Waals surface area contributed by atoms with Gasteiger partial charge in [0, 0.05) is 10.9 Å². The first kappa shape index (κ1) is 20.6. The summed E-state index contributed by atoms with van der Waals surface area (Å²) in [4.78, 5) is 12.2. The van der Waals surface area contributed by atoms with E-state index in [4.69, 9.17) is 0 Å². The zero-order valence-electron chi connectivity index (χ0n) is 13.4. The minimum Gasteiger partial charge on any atom is -0.345 e. The maximum Gasteiger partial charge on any atom is 0.220 e. The molecule has 0 radical (unpaired) electrons. The lowest BCUT2D eigenvalue weighted by molar-refractivity contribution is -0.121. The van der Waals surface area contributed by atoms with Gasteiger partial charge in [-0.3, -0.25) is 4.79 Å². The number of hydrogen-bond acceptors (Lipinski definition) is 2. The van der Waals surface area contributed by atoms with E-state index in [-0.39, 0.29) is 30.2 Å². The van der Waals surface area contributed by atoms with Crippen LogP contribution in [0.25, 0.3) is 0 Å². The Morgan fingerprint density at radius 3 is 2.46 bits per heavy atom. The fourth-order valence-electron chi connectivity index (χ4n) is 2.39. The minimum absolute atomic E-state index is 0. The van der Waals surface area contributed by atoms with Gasteiger partial charge in [0.25, 0.3) is 0 Å². The number of nitrogens with one attached hydrogen (secondary N) is 2. The first-order chi connectivity index (χ1) is 11.1. The SMILES string of the molecule is CNCCCC(=O)NC(c1cccc(F)c1)c1cccc(Br)c1.Cl. The van der Waals surface area contributed by atoms with Crippen molar-refractivity contribution in [3.63, 3.8) is 0 Å². The van der Waals surface area contributed by atoms with Gasteiger partial charge in [0.15, 0.2) is 0 Å². The molecule has 0 aliphatic heterocycles. The van der Waals surface area contributed by atoms with Crippen LogP contribution in [0.15, 0.2) is 53.0 Å². The van der Waals surface area contributed by atoms with Gasteiger partial charge in [0.2, 0.25) is 5.91 Å². The first-order valence-corrected chi connectivity index (χ1v) is 8.34. The maximum absolute atomic E-state index is 13.6. The molecule has 0 aliphatic rings. The van der Waals surface area contributed by atoms with Gasteiger partial charge in [-0.15, -0.1) is 12.4 Å². The van der Waals surface area contributed by atoms with Crippen molar-refractivity contribution < 1.29 is 9.18 Å². The second-order valence-electron chi connectivity index (χ2n) is 5.32. The zero-order valence-corrected chi connectivity index (χ0v) is 15.8. The van der Waals surface area contributed by atoms with E-state index in [0.29, 0.717) is 6.42 Å². The lowest BCUT2D eigenvalue weighted by atomic mass is 9.98. The molecule has 0 fully saturated rings. The molecule has 2 aromatic carbocycles. The number of benzene rings is 2. The molecule has 0 aromatic heterocycles. The number of carbonyl (C=O) groups excluding carboxylic acids is 1. The summed E-state index contributed by atoms with van der Waals surface area (Å²) in [6, 6.07) is 13.6. The third-order valence-electron chi connectivity index (χ3n) is 3.50. The van der Waals surface area contributed by atoms with Crippen molar-refractivity contribution in [1.29, 1.82) is 0 Å². The second-order valence-corrected chi connectivity index (χ2v) is 6.23. The molecule has 6 heteroatoms. The molecule has 3 nitrogen and oxygen atoms in total. The Kier molecular flexibility index (Phi) is 8.97. The maximum atomic E-state index is 13.6. The summed E-state index contributed by atoms with van der Waals surface area (Å²) in [6.07, 6.45) is 1.19. The molecule has 24 heavy (non-hydrogen) atoms. The van der Waals surface area contributed by atoms with Gasteiger partial charge in [-0.2, -0.15) is 0 Å². The predicted octanol–water partition coefficient (Wildman–Crippen LogP) is 4.22. The summed E-state index contributed by atoms with van der Waals surface area (Å²) >= 11 is 3.44. The van der Waals surface area contributed by atoms with E-state index in [1.54, 1.807) is 6.07 Å². The fraction of sp³-hybridized carbons (Fsp3) is 0.278. The highest BCUT2D eigenvalue weighted by molar-refractivity contribution is 9.10. The highest BCUT2D eigenvalue weighted by atomic mass is 79.9. The van der Waals surface area contributed by atoms with Crippen molar-refractivity contribution in [3.8, 4) is 0 Å². The molecular weight excluding hydrogens is 395 g/mol. The largest absolute Gasteiger partial charge is 0.345 e. The molecule has 2 rings (SSSR count). The van der Waals surface area contributed by atoms with E-state index >= 15 is 0 Å². The van der Waals surface area contributed by atoms with Crippen molar-refractivity contribution >= 4 is 34.2 Å². The number of rotatable bonds is 7. The van der Waals surface area contributed by atoms with Crippen LogP contribution >= 0.6 is 28.3 Å². The van der Waals surface area contributed by atoms with Gasteiger partial charge < -0.3 is 10.6 Å². The van der Waals surface area contributed by atoms with E-state index in [0.717, 1.165) is 28.6 Å². The highest BCUT2D eigenvalue weighted by Gasteiger charge is 2.17. The van der Waals surface area contributed by atoms with Crippen LogP contribution in [0.4, 0.5) is 4.39 Å². The van der Waals surface area contributed by atoms with E-state index in [1.165, 1.54) is 12.1 Å². The van der Waals surface area contributed by atoms with Crippen LogP contribution in [0.3, 0.4) is 0 Å². The topological polar surface area (TPSA) is 41.1 Å². The highest BCUT2D eigenvalue weighted by Crippen LogP contribution is 2.25. The third-order valence-corrected chi connectivity index (χ3v) is 3.99. The molecule has 0 saturated carbocycles. The molecule has 1 atom stereocenters. The molecule has 130 valence electrons. The number of amides is 1. The van der Waals surface area contributed by atoms with Crippen LogP contribution in [-0.2, 0) is 4.79 Å². The summed E-state index contributed by atoms with van der Waals surface area (Å²) < 4.78 is 14.5. The fourth-order valence-corrected chi connectivity index (χ4v) is 2.81. The smallest absolute Gasteiger partial charge is 0.220 e. The van der Waals surface area contributed by atoms with Gasteiger partial charge in [-0.1, -0.05) is 40.2 Å². The molecule has 0 aliphatic carbocycles. The molecule has 2 N–H and O–H groups in total. The Bertz CT molecular complexity index is 623. The van der Waals surface area contributed by atoms with E-state index in [9.17, 15) is 9.18 Å². The van der Waals surface area contributed by atoms with Gasteiger partial charge >= 0.3 is 0 Å². The van der Waals surface area contributed by atoms with Gasteiger partial charge in [0.05, 0.1) is 6.04 Å². The van der Waals surface area contributed by atoms with Crippen LogP contribution in [0.2, 0.25) is 0 Å². The summed E-state index contributed by atoms with van der Waals surface area (Å²) in [7, 11) is 1.86. The lowest BCUT2D eigenvalue weighted by Gasteiger charge is -2.20. The van der Waals surface area contributed by atoms with Crippen LogP contribution in [0, 0.1) is 5.82 Å². The zero-order chi connectivity index (χ0) is 16.7. The molecule has 1 unspecified atom stereocenters. The molecule has 1 amide bonds. The summed E-state index contributed by atoms with van der Waals surface area (Å²) in [5.41, 5.74) is 1.64. The van der Waals surface area contributed by atoms with Crippen molar-refractivity contribution in [1.82, 2.24) is 10.6 Å². The first-order valence-electron chi connectivity index (χ1n) is 7.55. The van der Waals surface area contributed by atoms with Gasteiger partial charge in [-0.05, 0) is 55.4 Å². The average Bonchev–Trinajstić information content (AvgIpc) is 2.53. The Balaban J connectivity index is 0.00000288. The van der Waals surface area contributed by atoms with E-state index < -0.39 is 0 Å². The normalized spacial score (nSPS) is 11.5. The van der Waals surface area contributed by atoms with Gasteiger partial charge in [-0.25, -0.2) is 4.39 Å². The van der Waals surface area contributed by atoms with Gasteiger partial charge in [0.1, 0.15) is 5.82 Å². The molecular formula is C18H21BrClFN2O. The van der Waals surface area contributed by atoms with Crippen molar-refractivity contribution in [3.05, 3.63) is 69.9 Å². The van der Waals surface area contributed by atoms with Crippen LogP contribution in [0.1, 0.15) is 30.0 Å². The molecule has 0 spiro atoms. The number of carbonyl (C=O) groups is 1. The quantitative estimate of drug-likeness (QED) is 0.665. The standard InChI is InChI=1S/C18H20BrFN2O.ClH/c1-21-10-4-9-17(23)22-18(13-5-2-7-15(19)11-13)14-6-3-8-16(20)12-14;/h2-3,5-8,11-12,18,21H,4,9-10H2,1H3,(H,22,23);1H. The lowest BCUT2D eigenvalue weighted by Crippen LogP contribution is -2.29. The third kappa shape index (κ3) is 6.23. The molecule has 0 saturated heterocycles. The minimum atomic E-state index is -0.370. The van der Waals surface area contributed by atoms with Crippen LogP contribution < -0.4 is 10.6 Å². The summed E-state index contributed by atoms with van der Waals surface area (Å²) in [6.45, 7) is 0.787. The summed E-state index contributed by atoms with van der Waals surface area (Å²) in [5, 5.41) is 6.03. The Morgan fingerprint density at radius 1 is 1.17 bits per heavy atom. The van der Waals surface area contributed by atoms with E-state index in [2.05, 4.69) is 26.6 Å². The number of hydrogen-bond donors (Lipinski definition) is 2. The average molecular weight is 416 g/mol. The van der Waals surface area contributed by atoms with Crippen LogP contribution in [0.5, 0.6) is 0 Å². The Labute approximate surface area is 156 Å². The Morgan fingerprint density at radius 2 is 1.83 bits per heavy atom. The van der Waals surface area contributed by atoms with Crippen molar-refractivity contribution in [2.45, 2.75) is 18.9 Å². The predicted molar refractivity (Wildman–Crippen MR) is 101 cm³/mol. The molecule has 0 heterocycles. The monoisotopic (exact) mass is 414 g/mol. The number of halogens is 3. The summed E-state index contributed by atoms with van der Waals surface area (Å²) in [5.74, 6) is -0.360.